The molecule has 1 aromatic rings. The van der Waals surface area contributed by atoms with Gasteiger partial charge in [0.05, 0.1) is 0 Å². The molecule has 0 aliphatic carbocycles. The van der Waals surface area contributed by atoms with Crippen molar-refractivity contribution in [2.24, 2.45) is 0 Å². The summed E-state index contributed by atoms with van der Waals surface area (Å²) in [5.41, 5.74) is 1.16. The SMILES string of the molecule is CCCCCCC(C)Nc1ccc(Cl)cc1. The first-order chi connectivity index (χ1) is 7.72. The second kappa shape index (κ2) is 7.56. The van der Waals surface area contributed by atoms with Gasteiger partial charge in [-0.2, -0.15) is 0 Å². The van der Waals surface area contributed by atoms with Crippen LogP contribution in [0.5, 0.6) is 0 Å². The van der Waals surface area contributed by atoms with Crippen LogP contribution in [0.15, 0.2) is 24.3 Å². The Balaban J connectivity index is 2.23. The molecule has 1 nitrogen and oxygen atoms in total. The van der Waals surface area contributed by atoms with Crippen LogP contribution in [0.2, 0.25) is 5.02 Å². The van der Waals surface area contributed by atoms with E-state index >= 15 is 0 Å². The Labute approximate surface area is 104 Å². The van der Waals surface area contributed by atoms with Crippen LogP contribution in [0, 0.1) is 0 Å². The molecule has 0 aliphatic heterocycles. The standard InChI is InChI=1S/C14H22ClN/c1-3-4-5-6-7-12(2)16-14-10-8-13(15)9-11-14/h8-12,16H,3-7H2,1-2H3. The summed E-state index contributed by atoms with van der Waals surface area (Å²) in [4.78, 5) is 0. The van der Waals surface area contributed by atoms with Gasteiger partial charge in [0.15, 0.2) is 0 Å². The average molecular weight is 240 g/mol. The van der Waals surface area contributed by atoms with Gasteiger partial charge in [-0.05, 0) is 37.6 Å². The molecule has 1 atom stereocenters. The van der Waals surface area contributed by atoms with E-state index in [1.54, 1.807) is 0 Å². The van der Waals surface area contributed by atoms with E-state index in [1.165, 1.54) is 32.1 Å². The van der Waals surface area contributed by atoms with Crippen molar-refractivity contribution in [3.63, 3.8) is 0 Å². The molecule has 90 valence electrons. The van der Waals surface area contributed by atoms with Gasteiger partial charge in [0, 0.05) is 16.8 Å². The summed E-state index contributed by atoms with van der Waals surface area (Å²) in [6, 6.07) is 8.45. The predicted octanol–water partition coefficient (Wildman–Crippen LogP) is 5.11. The van der Waals surface area contributed by atoms with Crippen molar-refractivity contribution >= 4 is 17.3 Å². The van der Waals surface area contributed by atoms with Crippen molar-refractivity contribution in [1.82, 2.24) is 0 Å². The van der Waals surface area contributed by atoms with E-state index in [1.807, 2.05) is 24.3 Å². The average Bonchev–Trinajstić information content (AvgIpc) is 2.28. The van der Waals surface area contributed by atoms with Gasteiger partial charge in [-0.1, -0.05) is 44.2 Å². The number of anilines is 1. The Bertz CT molecular complexity index is 281. The highest BCUT2D eigenvalue weighted by molar-refractivity contribution is 6.30. The van der Waals surface area contributed by atoms with E-state index in [-0.39, 0.29) is 0 Å². The molecule has 0 bridgehead atoms. The molecule has 0 radical (unpaired) electrons. The van der Waals surface area contributed by atoms with E-state index in [0.717, 1.165) is 10.7 Å². The van der Waals surface area contributed by atoms with Crippen molar-refractivity contribution in [3.05, 3.63) is 29.3 Å². The van der Waals surface area contributed by atoms with E-state index < -0.39 is 0 Å². The largest absolute Gasteiger partial charge is 0.383 e. The lowest BCUT2D eigenvalue weighted by Gasteiger charge is -2.15. The maximum absolute atomic E-state index is 5.84. The van der Waals surface area contributed by atoms with Gasteiger partial charge in [0.2, 0.25) is 0 Å². The van der Waals surface area contributed by atoms with Gasteiger partial charge >= 0.3 is 0 Å². The van der Waals surface area contributed by atoms with Crippen molar-refractivity contribution < 1.29 is 0 Å². The molecule has 0 spiro atoms. The fraction of sp³-hybridized carbons (Fsp3) is 0.571. The third kappa shape index (κ3) is 5.41. The van der Waals surface area contributed by atoms with Crippen LogP contribution in [-0.4, -0.2) is 6.04 Å². The topological polar surface area (TPSA) is 12.0 Å². The molecule has 1 unspecified atom stereocenters. The van der Waals surface area contributed by atoms with Crippen molar-refractivity contribution in [2.75, 3.05) is 5.32 Å². The Morgan fingerprint density at radius 2 is 1.81 bits per heavy atom. The molecule has 1 aromatic carbocycles. The molecule has 0 aromatic heterocycles. The molecular weight excluding hydrogens is 218 g/mol. The molecule has 0 saturated carbocycles. The lowest BCUT2D eigenvalue weighted by Crippen LogP contribution is -2.14. The first-order valence-corrected chi connectivity index (χ1v) is 6.62. The maximum Gasteiger partial charge on any atom is 0.0407 e. The number of hydrogen-bond donors (Lipinski definition) is 1. The van der Waals surface area contributed by atoms with Crippen LogP contribution in [0.1, 0.15) is 46.0 Å². The van der Waals surface area contributed by atoms with E-state index in [4.69, 9.17) is 11.6 Å². The lowest BCUT2D eigenvalue weighted by molar-refractivity contribution is 0.594. The summed E-state index contributed by atoms with van der Waals surface area (Å²) < 4.78 is 0. The van der Waals surface area contributed by atoms with Gasteiger partial charge in [-0.15, -0.1) is 0 Å². The fourth-order valence-electron chi connectivity index (χ4n) is 1.78. The molecule has 0 fully saturated rings. The van der Waals surface area contributed by atoms with Crippen LogP contribution in [0.4, 0.5) is 5.69 Å². The van der Waals surface area contributed by atoms with Gasteiger partial charge < -0.3 is 5.32 Å². The van der Waals surface area contributed by atoms with Crippen molar-refractivity contribution in [1.29, 1.82) is 0 Å². The molecule has 16 heavy (non-hydrogen) atoms. The second-order valence-electron chi connectivity index (χ2n) is 4.40. The van der Waals surface area contributed by atoms with E-state index in [9.17, 15) is 0 Å². The minimum atomic E-state index is 0.540. The van der Waals surface area contributed by atoms with Gasteiger partial charge in [-0.25, -0.2) is 0 Å². The Kier molecular flexibility index (Phi) is 6.32. The van der Waals surface area contributed by atoms with Gasteiger partial charge in [-0.3, -0.25) is 0 Å². The predicted molar refractivity (Wildman–Crippen MR) is 73.3 cm³/mol. The maximum atomic E-state index is 5.84. The molecule has 0 heterocycles. The van der Waals surface area contributed by atoms with Crippen LogP contribution >= 0.6 is 11.6 Å². The van der Waals surface area contributed by atoms with Crippen LogP contribution < -0.4 is 5.32 Å². The third-order valence-corrected chi connectivity index (χ3v) is 3.00. The molecular formula is C14H22ClN. The summed E-state index contributed by atoms with van der Waals surface area (Å²) in [5.74, 6) is 0. The monoisotopic (exact) mass is 239 g/mol. The Morgan fingerprint density at radius 3 is 2.44 bits per heavy atom. The summed E-state index contributed by atoms with van der Waals surface area (Å²) in [6.45, 7) is 4.48. The number of nitrogens with one attached hydrogen (secondary N) is 1. The third-order valence-electron chi connectivity index (χ3n) is 2.75. The summed E-state index contributed by atoms with van der Waals surface area (Å²) >= 11 is 5.84. The summed E-state index contributed by atoms with van der Waals surface area (Å²) in [5, 5.41) is 4.28. The van der Waals surface area contributed by atoms with Gasteiger partial charge in [0.25, 0.3) is 0 Å². The smallest absolute Gasteiger partial charge is 0.0407 e. The van der Waals surface area contributed by atoms with Crippen LogP contribution in [0.3, 0.4) is 0 Å². The Hall–Kier alpha value is -0.690. The lowest BCUT2D eigenvalue weighted by atomic mass is 10.1. The minimum Gasteiger partial charge on any atom is -0.383 e. The second-order valence-corrected chi connectivity index (χ2v) is 4.84. The first-order valence-electron chi connectivity index (χ1n) is 6.24. The number of hydrogen-bond acceptors (Lipinski definition) is 1. The van der Waals surface area contributed by atoms with Crippen molar-refractivity contribution in [3.8, 4) is 0 Å². The minimum absolute atomic E-state index is 0.540. The van der Waals surface area contributed by atoms with Crippen LogP contribution in [0.25, 0.3) is 0 Å². The number of rotatable bonds is 7. The molecule has 0 saturated heterocycles. The highest BCUT2D eigenvalue weighted by Gasteiger charge is 2.01. The highest BCUT2D eigenvalue weighted by atomic mass is 35.5. The molecule has 0 amide bonds. The quantitative estimate of drug-likeness (QED) is 0.652. The number of unbranched alkanes of at least 4 members (excludes halogenated alkanes) is 3. The Morgan fingerprint density at radius 1 is 1.12 bits per heavy atom. The highest BCUT2D eigenvalue weighted by Crippen LogP contribution is 2.16. The molecule has 1 rings (SSSR count). The summed E-state index contributed by atoms with van der Waals surface area (Å²) in [7, 11) is 0. The zero-order valence-corrected chi connectivity index (χ0v) is 11.1. The van der Waals surface area contributed by atoms with Crippen molar-refractivity contribution in [2.45, 2.75) is 52.0 Å². The fourth-order valence-corrected chi connectivity index (χ4v) is 1.91. The normalized spacial score (nSPS) is 12.4. The zero-order valence-electron chi connectivity index (χ0n) is 10.3. The molecule has 1 N–H and O–H groups in total. The molecule has 2 heteroatoms. The molecule has 0 aliphatic rings. The van der Waals surface area contributed by atoms with Crippen LogP contribution in [-0.2, 0) is 0 Å². The number of halogens is 1. The first kappa shape index (κ1) is 13.4. The number of benzene rings is 1. The van der Waals surface area contributed by atoms with E-state index in [0.29, 0.717) is 6.04 Å². The van der Waals surface area contributed by atoms with Gasteiger partial charge in [0.1, 0.15) is 0 Å². The zero-order chi connectivity index (χ0) is 11.8. The summed E-state index contributed by atoms with van der Waals surface area (Å²) in [6.07, 6.45) is 6.56. The van der Waals surface area contributed by atoms with E-state index in [2.05, 4.69) is 19.2 Å².